The monoisotopic (exact) mass is 404 g/mol. The normalized spacial score (nSPS) is 11.1. The summed E-state index contributed by atoms with van der Waals surface area (Å²) >= 11 is 0. The van der Waals surface area contributed by atoms with Crippen LogP contribution in [-0.2, 0) is 24.2 Å². The Morgan fingerprint density at radius 2 is 1.90 bits per heavy atom. The van der Waals surface area contributed by atoms with Crippen LogP contribution in [0.3, 0.4) is 0 Å². The number of carbonyl (C=O) groups is 1. The van der Waals surface area contributed by atoms with Crippen LogP contribution in [0.5, 0.6) is 5.75 Å². The van der Waals surface area contributed by atoms with E-state index in [1.807, 2.05) is 59.9 Å². The highest BCUT2D eigenvalue weighted by Gasteiger charge is 2.16. The molecule has 0 aliphatic carbocycles. The summed E-state index contributed by atoms with van der Waals surface area (Å²) in [7, 11) is 1.61. The first-order valence-electron chi connectivity index (χ1n) is 10.0. The molecule has 0 saturated carbocycles. The zero-order valence-electron chi connectivity index (χ0n) is 17.1. The van der Waals surface area contributed by atoms with E-state index in [2.05, 4.69) is 10.4 Å². The van der Waals surface area contributed by atoms with Crippen molar-refractivity contribution < 1.29 is 9.53 Å². The van der Waals surface area contributed by atoms with Gasteiger partial charge in [-0.2, -0.15) is 5.10 Å². The lowest BCUT2D eigenvalue weighted by atomic mass is 10.1. The average molecular weight is 404 g/mol. The van der Waals surface area contributed by atoms with Gasteiger partial charge in [0.2, 0.25) is 5.91 Å². The van der Waals surface area contributed by atoms with Crippen LogP contribution in [0.1, 0.15) is 18.3 Å². The summed E-state index contributed by atoms with van der Waals surface area (Å²) in [6, 6.07) is 17.4. The Morgan fingerprint density at radius 1 is 1.10 bits per heavy atom. The fraction of sp³-hybridized carbons (Fsp3) is 0.261. The van der Waals surface area contributed by atoms with Crippen molar-refractivity contribution >= 4 is 22.3 Å². The summed E-state index contributed by atoms with van der Waals surface area (Å²) in [5, 5.41) is 8.19. The van der Waals surface area contributed by atoms with Crippen LogP contribution in [0.25, 0.3) is 16.4 Å². The van der Waals surface area contributed by atoms with Crippen LogP contribution < -0.4 is 15.6 Å². The van der Waals surface area contributed by atoms with Crippen molar-refractivity contribution in [3.05, 3.63) is 76.3 Å². The lowest BCUT2D eigenvalue weighted by molar-refractivity contribution is -0.121. The van der Waals surface area contributed by atoms with Gasteiger partial charge in [0.1, 0.15) is 23.6 Å². The summed E-state index contributed by atoms with van der Waals surface area (Å²) in [5.74, 6) is 1.17. The highest BCUT2D eigenvalue weighted by Crippen LogP contribution is 2.28. The van der Waals surface area contributed by atoms with Crippen LogP contribution in [0, 0.1) is 0 Å². The van der Waals surface area contributed by atoms with Crippen molar-refractivity contribution in [2.75, 3.05) is 13.7 Å². The third kappa shape index (κ3) is 3.66. The standard InChI is InChI=1S/C23H24N4O3/c1-3-21-25-26(15-22(28)24-13-12-16-8-5-4-6-9-16)23(29)19-14-17-18(27(19)21)10-7-11-20(17)30-2/h4-11,14H,3,12-13,15H2,1-2H3,(H,24,28). The number of nitrogens with zero attached hydrogens (tertiary/aromatic N) is 3. The molecule has 0 bridgehead atoms. The summed E-state index contributed by atoms with van der Waals surface area (Å²) < 4.78 is 8.54. The van der Waals surface area contributed by atoms with E-state index in [9.17, 15) is 9.59 Å². The van der Waals surface area contributed by atoms with Crippen molar-refractivity contribution in [3.63, 3.8) is 0 Å². The number of hydrogen-bond donors (Lipinski definition) is 1. The molecule has 154 valence electrons. The van der Waals surface area contributed by atoms with Crippen LogP contribution >= 0.6 is 0 Å². The zero-order valence-corrected chi connectivity index (χ0v) is 17.1. The van der Waals surface area contributed by atoms with E-state index in [1.54, 1.807) is 13.2 Å². The molecule has 4 aromatic rings. The third-order valence-corrected chi connectivity index (χ3v) is 5.16. The van der Waals surface area contributed by atoms with Gasteiger partial charge in [0, 0.05) is 18.4 Å². The second kappa shape index (κ2) is 8.41. The number of fused-ring (bicyclic) bond motifs is 3. The number of ether oxygens (including phenoxy) is 1. The molecule has 0 fully saturated rings. The van der Waals surface area contributed by atoms with E-state index in [0.717, 1.165) is 22.9 Å². The average Bonchev–Trinajstić information content (AvgIpc) is 3.17. The Bertz CT molecular complexity index is 1260. The van der Waals surface area contributed by atoms with Crippen molar-refractivity contribution in [1.82, 2.24) is 19.5 Å². The molecule has 7 heteroatoms. The molecular formula is C23H24N4O3. The van der Waals surface area contributed by atoms with Crippen LogP contribution in [0.4, 0.5) is 0 Å². The van der Waals surface area contributed by atoms with Gasteiger partial charge in [-0.1, -0.05) is 43.3 Å². The molecular weight excluding hydrogens is 380 g/mol. The first-order chi connectivity index (χ1) is 14.6. The van der Waals surface area contributed by atoms with E-state index in [-0.39, 0.29) is 18.0 Å². The van der Waals surface area contributed by atoms with Crippen LogP contribution in [-0.4, -0.2) is 33.7 Å². The quantitative estimate of drug-likeness (QED) is 0.514. The highest BCUT2D eigenvalue weighted by molar-refractivity contribution is 5.92. The van der Waals surface area contributed by atoms with Crippen molar-refractivity contribution in [3.8, 4) is 5.75 Å². The summed E-state index contributed by atoms with van der Waals surface area (Å²) in [6.45, 7) is 2.37. The maximum atomic E-state index is 13.1. The van der Waals surface area contributed by atoms with E-state index in [1.165, 1.54) is 4.68 Å². The lowest BCUT2D eigenvalue weighted by Gasteiger charge is -2.11. The van der Waals surface area contributed by atoms with E-state index >= 15 is 0 Å². The number of nitrogens with one attached hydrogen (secondary N) is 1. The minimum Gasteiger partial charge on any atom is -0.496 e. The number of benzene rings is 2. The van der Waals surface area contributed by atoms with Crippen molar-refractivity contribution in [2.45, 2.75) is 26.3 Å². The predicted octanol–water partition coefficient (Wildman–Crippen LogP) is 2.58. The van der Waals surface area contributed by atoms with Gasteiger partial charge >= 0.3 is 0 Å². The maximum Gasteiger partial charge on any atom is 0.291 e. The molecule has 1 N–H and O–H groups in total. The Kier molecular flexibility index (Phi) is 5.52. The molecule has 1 amide bonds. The van der Waals surface area contributed by atoms with E-state index < -0.39 is 0 Å². The van der Waals surface area contributed by atoms with Gasteiger partial charge < -0.3 is 10.1 Å². The Labute approximate surface area is 173 Å². The largest absolute Gasteiger partial charge is 0.496 e. The minimum atomic E-state index is -0.302. The Morgan fingerprint density at radius 3 is 2.63 bits per heavy atom. The van der Waals surface area contributed by atoms with Crippen LogP contribution in [0.2, 0.25) is 0 Å². The maximum absolute atomic E-state index is 13.1. The molecule has 30 heavy (non-hydrogen) atoms. The number of aryl methyl sites for hydroxylation is 1. The molecule has 4 rings (SSSR count). The molecule has 2 aromatic heterocycles. The fourth-order valence-corrected chi connectivity index (χ4v) is 3.70. The number of rotatable bonds is 7. The van der Waals surface area contributed by atoms with Gasteiger partial charge in [0.05, 0.1) is 12.6 Å². The van der Waals surface area contributed by atoms with Gasteiger partial charge in [-0.05, 0) is 30.2 Å². The molecule has 0 unspecified atom stereocenters. The fourth-order valence-electron chi connectivity index (χ4n) is 3.70. The summed E-state index contributed by atoms with van der Waals surface area (Å²) in [6.07, 6.45) is 1.35. The Hall–Kier alpha value is -3.61. The number of carbonyl (C=O) groups excluding carboxylic acids is 1. The lowest BCUT2D eigenvalue weighted by Crippen LogP contribution is -2.36. The molecule has 0 radical (unpaired) electrons. The van der Waals surface area contributed by atoms with E-state index in [0.29, 0.717) is 30.1 Å². The molecule has 2 heterocycles. The minimum absolute atomic E-state index is 0.115. The van der Waals surface area contributed by atoms with Crippen LogP contribution in [0.15, 0.2) is 59.4 Å². The van der Waals surface area contributed by atoms with Crippen molar-refractivity contribution in [2.24, 2.45) is 0 Å². The first kappa shape index (κ1) is 19.7. The molecule has 0 atom stereocenters. The second-order valence-electron chi connectivity index (χ2n) is 7.08. The van der Waals surface area contributed by atoms with Gasteiger partial charge in [0.15, 0.2) is 0 Å². The summed E-state index contributed by atoms with van der Waals surface area (Å²) in [5.41, 5.74) is 2.20. The predicted molar refractivity (Wildman–Crippen MR) is 116 cm³/mol. The topological polar surface area (TPSA) is 77.6 Å². The molecule has 0 aliphatic rings. The highest BCUT2D eigenvalue weighted by atomic mass is 16.5. The molecule has 2 aromatic carbocycles. The molecule has 0 aliphatic heterocycles. The van der Waals surface area contributed by atoms with E-state index in [4.69, 9.17) is 4.74 Å². The molecule has 7 nitrogen and oxygen atoms in total. The molecule has 0 spiro atoms. The van der Waals surface area contributed by atoms with Gasteiger partial charge in [0.25, 0.3) is 5.56 Å². The summed E-state index contributed by atoms with van der Waals surface area (Å²) in [4.78, 5) is 25.5. The SMILES string of the molecule is CCc1nn(CC(=O)NCCc2ccccc2)c(=O)c2cc3c(OC)cccc3n12. The number of methoxy groups -OCH3 is 1. The van der Waals surface area contributed by atoms with Gasteiger partial charge in [-0.25, -0.2) is 4.68 Å². The number of amides is 1. The second-order valence-corrected chi connectivity index (χ2v) is 7.08. The Balaban J connectivity index is 1.61. The number of hydrogen-bond acceptors (Lipinski definition) is 4. The van der Waals surface area contributed by atoms with Gasteiger partial charge in [-0.15, -0.1) is 0 Å². The smallest absolute Gasteiger partial charge is 0.291 e. The van der Waals surface area contributed by atoms with Gasteiger partial charge in [-0.3, -0.25) is 14.0 Å². The van der Waals surface area contributed by atoms with Crippen molar-refractivity contribution in [1.29, 1.82) is 0 Å². The first-order valence-corrected chi connectivity index (χ1v) is 10.0. The number of aromatic nitrogens is 3. The zero-order chi connectivity index (χ0) is 21.1. The third-order valence-electron chi connectivity index (χ3n) is 5.16. The molecule has 0 saturated heterocycles.